The molecule has 0 aliphatic carbocycles. The second-order valence-corrected chi connectivity index (χ2v) is 2.43. The molecule has 0 aliphatic rings. The zero-order chi connectivity index (χ0) is 10.1. The maximum atomic E-state index is 12.1. The van der Waals surface area contributed by atoms with Gasteiger partial charge in [-0.3, -0.25) is 4.79 Å². The van der Waals surface area contributed by atoms with Gasteiger partial charge in [-0.1, -0.05) is 0 Å². The lowest BCUT2D eigenvalue weighted by molar-refractivity contribution is -0.137. The van der Waals surface area contributed by atoms with Crippen LogP contribution in [0.1, 0.15) is 15.9 Å². The largest absolute Gasteiger partial charge is 0.508 e. The van der Waals surface area contributed by atoms with Crippen LogP contribution in [0.15, 0.2) is 18.2 Å². The highest BCUT2D eigenvalue weighted by molar-refractivity contribution is 5.76. The van der Waals surface area contributed by atoms with Gasteiger partial charge in [-0.2, -0.15) is 13.2 Å². The van der Waals surface area contributed by atoms with Gasteiger partial charge in [0.25, 0.3) is 0 Å². The molecule has 0 fully saturated rings. The normalized spacial score (nSPS) is 11.3. The zero-order valence-corrected chi connectivity index (χ0v) is 6.30. The summed E-state index contributed by atoms with van der Waals surface area (Å²) in [5.41, 5.74) is -1.23. The Morgan fingerprint density at radius 2 is 1.85 bits per heavy atom. The van der Waals surface area contributed by atoms with E-state index < -0.39 is 17.5 Å². The van der Waals surface area contributed by atoms with Crippen molar-refractivity contribution in [2.24, 2.45) is 0 Å². The van der Waals surface area contributed by atoms with Gasteiger partial charge in [0, 0.05) is 5.56 Å². The van der Waals surface area contributed by atoms with Gasteiger partial charge in [-0.15, -0.1) is 0 Å². The molecule has 5 heteroatoms. The number of rotatable bonds is 1. The topological polar surface area (TPSA) is 37.3 Å². The predicted molar refractivity (Wildman–Crippen MR) is 38.5 cm³/mol. The number of aromatic hydroxyl groups is 1. The Morgan fingerprint density at radius 3 is 2.31 bits per heavy atom. The second-order valence-electron chi connectivity index (χ2n) is 2.43. The molecule has 0 amide bonds. The number of halogens is 3. The fraction of sp³-hybridized carbons (Fsp3) is 0.125. The number of alkyl halides is 3. The minimum atomic E-state index is -4.55. The van der Waals surface area contributed by atoms with Crippen LogP contribution in [-0.4, -0.2) is 11.4 Å². The minimum absolute atomic E-state index is 0.202. The third kappa shape index (κ3) is 2.21. The summed E-state index contributed by atoms with van der Waals surface area (Å²) in [6.07, 6.45) is -4.30. The van der Waals surface area contributed by atoms with Crippen molar-refractivity contribution in [3.05, 3.63) is 29.3 Å². The molecule has 0 bridgehead atoms. The van der Waals surface area contributed by atoms with Crippen molar-refractivity contribution in [3.63, 3.8) is 0 Å². The summed E-state index contributed by atoms with van der Waals surface area (Å²) in [6, 6.07) is 2.20. The molecule has 0 radical (unpaired) electrons. The number of phenolic OH excluding ortho intramolecular Hbond substituents is 1. The average molecular weight is 190 g/mol. The molecule has 13 heavy (non-hydrogen) atoms. The first-order valence-corrected chi connectivity index (χ1v) is 3.30. The third-order valence-electron chi connectivity index (χ3n) is 1.40. The van der Waals surface area contributed by atoms with E-state index in [1.54, 1.807) is 0 Å². The SMILES string of the molecule is O=Cc1cc(O)cc(C(F)(F)F)c1. The summed E-state index contributed by atoms with van der Waals surface area (Å²) in [5, 5.41) is 8.83. The lowest BCUT2D eigenvalue weighted by Gasteiger charge is -2.07. The summed E-state index contributed by atoms with van der Waals surface area (Å²) in [7, 11) is 0. The summed E-state index contributed by atoms with van der Waals surface area (Å²) in [6.45, 7) is 0. The molecule has 0 atom stereocenters. The molecule has 70 valence electrons. The van der Waals surface area contributed by atoms with E-state index in [0.717, 1.165) is 6.07 Å². The standard InChI is InChI=1S/C8H5F3O2/c9-8(10,11)6-1-5(4-12)2-7(13)3-6/h1-4,13H. The molecule has 2 nitrogen and oxygen atoms in total. The van der Waals surface area contributed by atoms with Gasteiger partial charge >= 0.3 is 6.18 Å². The van der Waals surface area contributed by atoms with Crippen LogP contribution in [0, 0.1) is 0 Å². The van der Waals surface area contributed by atoms with Crippen LogP contribution in [-0.2, 0) is 6.18 Å². The van der Waals surface area contributed by atoms with Crippen LogP contribution < -0.4 is 0 Å². The van der Waals surface area contributed by atoms with Crippen LogP contribution in [0.5, 0.6) is 5.75 Å². The molecule has 0 aromatic heterocycles. The average Bonchev–Trinajstić information content (AvgIpc) is 2.01. The highest BCUT2D eigenvalue weighted by Gasteiger charge is 2.31. The van der Waals surface area contributed by atoms with Crippen LogP contribution in [0.3, 0.4) is 0 Å². The monoisotopic (exact) mass is 190 g/mol. The minimum Gasteiger partial charge on any atom is -0.508 e. The fourth-order valence-electron chi connectivity index (χ4n) is 0.866. The van der Waals surface area contributed by atoms with Crippen molar-refractivity contribution in [3.8, 4) is 5.75 Å². The summed E-state index contributed by atoms with van der Waals surface area (Å²) < 4.78 is 36.2. The molecular weight excluding hydrogens is 185 g/mol. The van der Waals surface area contributed by atoms with Gasteiger partial charge in [0.2, 0.25) is 0 Å². The molecule has 0 saturated carbocycles. The van der Waals surface area contributed by atoms with Crippen molar-refractivity contribution < 1.29 is 23.1 Å². The molecule has 1 aromatic rings. The fourth-order valence-corrected chi connectivity index (χ4v) is 0.866. The lowest BCUT2D eigenvalue weighted by atomic mass is 10.1. The van der Waals surface area contributed by atoms with Crippen molar-refractivity contribution in [2.45, 2.75) is 6.18 Å². The Kier molecular flexibility index (Phi) is 2.27. The van der Waals surface area contributed by atoms with E-state index in [1.165, 1.54) is 0 Å². The van der Waals surface area contributed by atoms with Crippen molar-refractivity contribution in [2.75, 3.05) is 0 Å². The molecule has 0 heterocycles. The Balaban J connectivity index is 3.24. The second kappa shape index (κ2) is 3.08. The highest BCUT2D eigenvalue weighted by Crippen LogP contribution is 2.31. The number of hydrogen-bond donors (Lipinski definition) is 1. The van der Waals surface area contributed by atoms with Crippen LogP contribution in [0.25, 0.3) is 0 Å². The molecule has 1 rings (SSSR count). The predicted octanol–water partition coefficient (Wildman–Crippen LogP) is 2.22. The van der Waals surface area contributed by atoms with E-state index in [1.807, 2.05) is 0 Å². The Bertz CT molecular complexity index is 331. The van der Waals surface area contributed by atoms with E-state index in [0.29, 0.717) is 12.1 Å². The third-order valence-corrected chi connectivity index (χ3v) is 1.40. The van der Waals surface area contributed by atoms with E-state index >= 15 is 0 Å². The van der Waals surface area contributed by atoms with Gasteiger partial charge < -0.3 is 5.11 Å². The molecule has 1 N–H and O–H groups in total. The number of benzene rings is 1. The maximum absolute atomic E-state index is 12.1. The molecular formula is C8H5F3O2. The number of phenols is 1. The number of carbonyl (C=O) groups is 1. The Morgan fingerprint density at radius 1 is 1.23 bits per heavy atom. The first-order chi connectivity index (χ1) is 5.93. The number of aldehydes is 1. The van der Waals surface area contributed by atoms with Gasteiger partial charge in [0.15, 0.2) is 0 Å². The first-order valence-electron chi connectivity index (χ1n) is 3.30. The Labute approximate surface area is 71.6 Å². The van der Waals surface area contributed by atoms with E-state index in [9.17, 15) is 18.0 Å². The van der Waals surface area contributed by atoms with Gasteiger partial charge in [0.1, 0.15) is 12.0 Å². The molecule has 0 spiro atoms. The van der Waals surface area contributed by atoms with Crippen molar-refractivity contribution in [1.29, 1.82) is 0 Å². The first kappa shape index (κ1) is 9.57. The van der Waals surface area contributed by atoms with E-state index in [-0.39, 0.29) is 11.8 Å². The van der Waals surface area contributed by atoms with Crippen LogP contribution >= 0.6 is 0 Å². The number of hydrogen-bond acceptors (Lipinski definition) is 2. The van der Waals surface area contributed by atoms with E-state index in [2.05, 4.69) is 0 Å². The van der Waals surface area contributed by atoms with Gasteiger partial charge in [-0.05, 0) is 18.2 Å². The number of carbonyl (C=O) groups excluding carboxylic acids is 1. The maximum Gasteiger partial charge on any atom is 0.416 e. The summed E-state index contributed by atoms with van der Waals surface area (Å²) in [4.78, 5) is 10.2. The molecule has 0 unspecified atom stereocenters. The lowest BCUT2D eigenvalue weighted by Crippen LogP contribution is -2.05. The van der Waals surface area contributed by atoms with Crippen LogP contribution in [0.2, 0.25) is 0 Å². The quantitative estimate of drug-likeness (QED) is 0.689. The van der Waals surface area contributed by atoms with Crippen molar-refractivity contribution >= 4 is 6.29 Å². The summed E-state index contributed by atoms with van der Waals surface area (Å²) >= 11 is 0. The molecule has 1 aromatic carbocycles. The van der Waals surface area contributed by atoms with Crippen molar-refractivity contribution in [1.82, 2.24) is 0 Å². The summed E-state index contributed by atoms with van der Waals surface area (Å²) in [5.74, 6) is -0.572. The highest BCUT2D eigenvalue weighted by atomic mass is 19.4. The molecule has 0 aliphatic heterocycles. The molecule has 0 saturated heterocycles. The Hall–Kier alpha value is -1.52. The van der Waals surface area contributed by atoms with E-state index in [4.69, 9.17) is 5.11 Å². The smallest absolute Gasteiger partial charge is 0.416 e. The van der Waals surface area contributed by atoms with Crippen LogP contribution in [0.4, 0.5) is 13.2 Å². The van der Waals surface area contributed by atoms with Gasteiger partial charge in [0.05, 0.1) is 5.56 Å². The zero-order valence-electron chi connectivity index (χ0n) is 6.30. The van der Waals surface area contributed by atoms with Gasteiger partial charge in [-0.25, -0.2) is 0 Å².